The van der Waals surface area contributed by atoms with Crippen LogP contribution in [0.2, 0.25) is 0 Å². The smallest absolute Gasteiger partial charge is 0.252 e. The van der Waals surface area contributed by atoms with Gasteiger partial charge in [-0.05, 0) is 29.8 Å². The molecule has 4 aromatic rings. The van der Waals surface area contributed by atoms with Crippen molar-refractivity contribution in [1.29, 1.82) is 0 Å². The molecule has 0 saturated carbocycles. The van der Waals surface area contributed by atoms with Crippen LogP contribution >= 0.6 is 0 Å². The van der Waals surface area contributed by atoms with Gasteiger partial charge < -0.3 is 5.32 Å². The van der Waals surface area contributed by atoms with E-state index in [-0.39, 0.29) is 5.91 Å². The second kappa shape index (κ2) is 10.5. The number of carbonyl (C=O) groups is 1. The summed E-state index contributed by atoms with van der Waals surface area (Å²) in [7, 11) is 0. The van der Waals surface area contributed by atoms with Crippen LogP contribution in [0.1, 0.15) is 15.9 Å². The second-order valence-corrected chi connectivity index (χ2v) is 8.67. The molecule has 1 fully saturated rings. The number of fused-ring (bicyclic) bond motifs is 1. The molecule has 1 N–H and O–H groups in total. The van der Waals surface area contributed by atoms with E-state index in [0.717, 1.165) is 61.4 Å². The normalized spacial score (nSPS) is 14.8. The first-order valence-corrected chi connectivity index (χ1v) is 11.8. The van der Waals surface area contributed by atoms with E-state index in [2.05, 4.69) is 50.4 Å². The number of nitrogens with zero attached hydrogens (tertiary/aromatic N) is 4. The summed E-state index contributed by atoms with van der Waals surface area (Å²) in [6.07, 6.45) is 3.51. The molecule has 6 heteroatoms. The minimum absolute atomic E-state index is 0.0635. The number of para-hydroxylation sites is 1. The number of carbonyl (C=O) groups excluding carboxylic acids is 1. The van der Waals surface area contributed by atoms with Gasteiger partial charge in [-0.2, -0.15) is 0 Å². The summed E-state index contributed by atoms with van der Waals surface area (Å²) in [4.78, 5) is 27.0. The molecule has 1 amide bonds. The van der Waals surface area contributed by atoms with Gasteiger partial charge in [0.2, 0.25) is 0 Å². The number of rotatable bonds is 7. The third-order valence-electron chi connectivity index (χ3n) is 6.35. The van der Waals surface area contributed by atoms with E-state index >= 15 is 0 Å². The molecule has 0 bridgehead atoms. The summed E-state index contributed by atoms with van der Waals surface area (Å²) in [5.74, 6) is -0.0635. The van der Waals surface area contributed by atoms with Crippen molar-refractivity contribution >= 4 is 16.8 Å². The fraction of sp³-hybridized carbons (Fsp3) is 0.250. The summed E-state index contributed by atoms with van der Waals surface area (Å²) in [5, 5.41) is 3.99. The number of pyridine rings is 2. The van der Waals surface area contributed by atoms with E-state index in [4.69, 9.17) is 4.98 Å². The third-order valence-corrected chi connectivity index (χ3v) is 6.35. The number of amides is 1. The summed E-state index contributed by atoms with van der Waals surface area (Å²) >= 11 is 0. The van der Waals surface area contributed by atoms with Crippen molar-refractivity contribution in [3.8, 4) is 11.3 Å². The molecule has 0 aliphatic carbocycles. The second-order valence-electron chi connectivity index (χ2n) is 8.67. The van der Waals surface area contributed by atoms with Crippen LogP contribution in [0.4, 0.5) is 0 Å². The van der Waals surface area contributed by atoms with E-state index in [0.29, 0.717) is 12.1 Å². The van der Waals surface area contributed by atoms with Gasteiger partial charge >= 0.3 is 0 Å². The predicted molar refractivity (Wildman–Crippen MR) is 135 cm³/mol. The maximum atomic E-state index is 13.2. The zero-order valence-corrected chi connectivity index (χ0v) is 19.2. The number of nitrogens with one attached hydrogen (secondary N) is 1. The van der Waals surface area contributed by atoms with Crippen LogP contribution in [0.25, 0.3) is 22.2 Å². The molecule has 3 heterocycles. The molecular formula is C28H29N5O. The molecule has 0 atom stereocenters. The SMILES string of the molecule is O=C(NCCN1CCN(Cc2ccccc2)CC1)c1cc(-c2cccnc2)nc2ccccc12. The maximum Gasteiger partial charge on any atom is 0.252 e. The van der Waals surface area contributed by atoms with E-state index in [1.807, 2.05) is 42.5 Å². The first-order valence-electron chi connectivity index (χ1n) is 11.8. The van der Waals surface area contributed by atoms with Crippen LogP contribution in [0.5, 0.6) is 0 Å². The third kappa shape index (κ3) is 5.30. The van der Waals surface area contributed by atoms with Crippen molar-refractivity contribution in [3.63, 3.8) is 0 Å². The molecule has 172 valence electrons. The Hall–Kier alpha value is -3.61. The highest BCUT2D eigenvalue weighted by Gasteiger charge is 2.18. The Morgan fingerprint density at radius 2 is 1.65 bits per heavy atom. The van der Waals surface area contributed by atoms with Gasteiger partial charge in [0.05, 0.1) is 16.8 Å². The van der Waals surface area contributed by atoms with E-state index < -0.39 is 0 Å². The molecule has 6 nitrogen and oxygen atoms in total. The van der Waals surface area contributed by atoms with Gasteiger partial charge in [0, 0.05) is 69.2 Å². The monoisotopic (exact) mass is 451 g/mol. The van der Waals surface area contributed by atoms with Gasteiger partial charge in [-0.15, -0.1) is 0 Å². The van der Waals surface area contributed by atoms with Crippen molar-refractivity contribution in [2.24, 2.45) is 0 Å². The summed E-state index contributed by atoms with van der Waals surface area (Å²) in [6.45, 7) is 6.61. The van der Waals surface area contributed by atoms with Gasteiger partial charge in [-0.1, -0.05) is 48.5 Å². The van der Waals surface area contributed by atoms with Crippen LogP contribution in [0.3, 0.4) is 0 Å². The molecule has 0 radical (unpaired) electrons. The molecule has 1 aliphatic rings. The molecule has 1 aliphatic heterocycles. The minimum Gasteiger partial charge on any atom is -0.351 e. The summed E-state index contributed by atoms with van der Waals surface area (Å²) in [5.41, 5.74) is 4.47. The molecule has 0 unspecified atom stereocenters. The number of piperazine rings is 1. The standard InChI is InChI=1S/C28H29N5O/c34-28(30-13-14-32-15-17-33(18-16-32)21-22-7-2-1-3-8-22)25-19-27(23-9-6-12-29-20-23)31-26-11-5-4-10-24(25)26/h1-12,19-20H,13-18,21H2,(H,30,34). The topological polar surface area (TPSA) is 61.4 Å². The number of hydrogen-bond donors (Lipinski definition) is 1. The Balaban J connectivity index is 1.19. The highest BCUT2D eigenvalue weighted by molar-refractivity contribution is 6.07. The van der Waals surface area contributed by atoms with Crippen LogP contribution in [0, 0.1) is 0 Å². The Labute approximate surface area is 200 Å². The van der Waals surface area contributed by atoms with Crippen molar-refractivity contribution in [1.82, 2.24) is 25.1 Å². The van der Waals surface area contributed by atoms with Crippen LogP contribution in [-0.2, 0) is 6.54 Å². The maximum absolute atomic E-state index is 13.2. The van der Waals surface area contributed by atoms with E-state index in [1.54, 1.807) is 12.4 Å². The summed E-state index contributed by atoms with van der Waals surface area (Å²) in [6, 6.07) is 24.1. The zero-order valence-electron chi connectivity index (χ0n) is 19.2. The highest BCUT2D eigenvalue weighted by atomic mass is 16.1. The highest BCUT2D eigenvalue weighted by Crippen LogP contribution is 2.24. The number of hydrogen-bond acceptors (Lipinski definition) is 5. The Morgan fingerprint density at radius 3 is 2.44 bits per heavy atom. The molecule has 34 heavy (non-hydrogen) atoms. The molecular weight excluding hydrogens is 422 g/mol. The minimum atomic E-state index is -0.0635. The Morgan fingerprint density at radius 1 is 0.882 bits per heavy atom. The lowest BCUT2D eigenvalue weighted by molar-refractivity contribution is 0.0935. The zero-order chi connectivity index (χ0) is 23.2. The van der Waals surface area contributed by atoms with E-state index in [9.17, 15) is 4.79 Å². The molecule has 2 aromatic heterocycles. The van der Waals surface area contributed by atoms with Crippen molar-refractivity contribution < 1.29 is 4.79 Å². The average Bonchev–Trinajstić information content (AvgIpc) is 2.90. The number of benzene rings is 2. The van der Waals surface area contributed by atoms with Gasteiger partial charge in [0.25, 0.3) is 5.91 Å². The first kappa shape index (κ1) is 22.2. The summed E-state index contributed by atoms with van der Waals surface area (Å²) < 4.78 is 0. The molecule has 2 aromatic carbocycles. The lowest BCUT2D eigenvalue weighted by Gasteiger charge is -2.34. The van der Waals surface area contributed by atoms with Gasteiger partial charge in [0.1, 0.15) is 0 Å². The Bertz CT molecular complexity index is 1240. The van der Waals surface area contributed by atoms with Crippen LogP contribution in [0.15, 0.2) is 85.2 Å². The largest absolute Gasteiger partial charge is 0.351 e. The Kier molecular flexibility index (Phi) is 6.89. The van der Waals surface area contributed by atoms with Crippen molar-refractivity contribution in [2.45, 2.75) is 6.54 Å². The van der Waals surface area contributed by atoms with Crippen molar-refractivity contribution in [2.75, 3.05) is 39.3 Å². The first-order chi connectivity index (χ1) is 16.8. The molecule has 1 saturated heterocycles. The fourth-order valence-electron chi connectivity index (χ4n) is 4.46. The van der Waals surface area contributed by atoms with Gasteiger partial charge in [-0.3, -0.25) is 19.6 Å². The van der Waals surface area contributed by atoms with Gasteiger partial charge in [0.15, 0.2) is 0 Å². The predicted octanol–water partition coefficient (Wildman–Crippen LogP) is 3.84. The number of aromatic nitrogens is 2. The van der Waals surface area contributed by atoms with E-state index in [1.165, 1.54) is 5.56 Å². The van der Waals surface area contributed by atoms with Crippen LogP contribution < -0.4 is 5.32 Å². The van der Waals surface area contributed by atoms with Gasteiger partial charge in [-0.25, -0.2) is 4.98 Å². The fourth-order valence-corrected chi connectivity index (χ4v) is 4.46. The quantitative estimate of drug-likeness (QED) is 0.463. The molecule has 0 spiro atoms. The molecule has 5 rings (SSSR count). The van der Waals surface area contributed by atoms with Crippen LogP contribution in [-0.4, -0.2) is 64.9 Å². The average molecular weight is 452 g/mol. The lowest BCUT2D eigenvalue weighted by atomic mass is 10.0. The van der Waals surface area contributed by atoms with Crippen molar-refractivity contribution in [3.05, 3.63) is 96.3 Å². The lowest BCUT2D eigenvalue weighted by Crippen LogP contribution is -2.48.